The molecule has 0 bridgehead atoms. The molecule has 0 fully saturated rings. The van der Waals surface area contributed by atoms with Crippen LogP contribution in [0.2, 0.25) is 10.0 Å². The van der Waals surface area contributed by atoms with Crippen LogP contribution in [0, 0.1) is 0 Å². The Bertz CT molecular complexity index is 1490. The van der Waals surface area contributed by atoms with Crippen molar-refractivity contribution in [3.8, 4) is 0 Å². The van der Waals surface area contributed by atoms with E-state index in [9.17, 15) is 27.6 Å². The molecule has 11 heteroatoms. The minimum atomic E-state index is -3.56. The molecule has 0 spiro atoms. The van der Waals surface area contributed by atoms with Crippen LogP contribution >= 0.6 is 23.2 Å². The first-order valence-corrected chi connectivity index (χ1v) is 13.5. The summed E-state index contributed by atoms with van der Waals surface area (Å²) < 4.78 is 28.7. The van der Waals surface area contributed by atoms with E-state index in [1.165, 1.54) is 12.1 Å². The molecule has 2 amide bonds. The van der Waals surface area contributed by atoms with E-state index in [1.807, 2.05) is 24.3 Å². The molecule has 1 aliphatic heterocycles. The van der Waals surface area contributed by atoms with E-state index in [-0.39, 0.29) is 21.2 Å². The van der Waals surface area contributed by atoms with Crippen LogP contribution in [0.5, 0.6) is 0 Å². The fraction of sp³-hybridized carbons (Fsp3) is 0.200. The Morgan fingerprint density at radius 3 is 2.08 bits per heavy atom. The van der Waals surface area contributed by atoms with E-state index >= 15 is 0 Å². The van der Waals surface area contributed by atoms with Crippen molar-refractivity contribution in [1.82, 2.24) is 4.90 Å². The Balaban J connectivity index is 1.56. The van der Waals surface area contributed by atoms with E-state index in [1.54, 1.807) is 18.2 Å². The second-order valence-corrected chi connectivity index (χ2v) is 11.4. The number of benzene rings is 3. The topological polar surface area (TPSA) is 115 Å². The number of sulfone groups is 1. The lowest BCUT2D eigenvalue weighted by atomic mass is 10.0. The van der Waals surface area contributed by atoms with Gasteiger partial charge in [-0.15, -0.1) is 0 Å². The molecule has 3 aromatic rings. The number of nitrogens with zero attached hydrogens (tertiary/aromatic N) is 1. The molecule has 0 N–H and O–H groups in total. The van der Waals surface area contributed by atoms with Gasteiger partial charge in [0.25, 0.3) is 11.8 Å². The number of ketones is 1. The van der Waals surface area contributed by atoms with Crippen LogP contribution in [0.15, 0.2) is 54.6 Å². The van der Waals surface area contributed by atoms with Gasteiger partial charge in [-0.25, -0.2) is 13.2 Å². The van der Waals surface area contributed by atoms with Crippen molar-refractivity contribution in [2.45, 2.75) is 12.5 Å². The van der Waals surface area contributed by atoms with Gasteiger partial charge in [0.15, 0.2) is 12.4 Å². The number of carbonyl (C=O) groups excluding carboxylic acids is 4. The molecule has 3 aromatic carbocycles. The SMILES string of the molecule is CS(=O)(=O)CC[C@@H](C(=O)OCC(=O)c1ccc2ccccc2c1)N1C(=O)c2cc(Cl)c(Cl)cc2C1=O. The lowest BCUT2D eigenvalue weighted by Gasteiger charge is -2.24. The zero-order chi connectivity index (χ0) is 26.2. The highest BCUT2D eigenvalue weighted by molar-refractivity contribution is 7.90. The number of hydrogen-bond donors (Lipinski definition) is 0. The number of fused-ring (bicyclic) bond motifs is 2. The molecule has 1 heterocycles. The Kier molecular flexibility index (Phi) is 7.17. The maximum absolute atomic E-state index is 13.0. The third kappa shape index (κ3) is 5.28. The molecule has 0 aliphatic carbocycles. The molecular weight excluding hydrogens is 529 g/mol. The van der Waals surface area contributed by atoms with Gasteiger partial charge in [0.05, 0.1) is 26.9 Å². The van der Waals surface area contributed by atoms with Gasteiger partial charge in [0, 0.05) is 11.8 Å². The van der Waals surface area contributed by atoms with Gasteiger partial charge in [-0.3, -0.25) is 19.3 Å². The molecule has 1 atom stereocenters. The van der Waals surface area contributed by atoms with Crippen LogP contribution < -0.4 is 0 Å². The largest absolute Gasteiger partial charge is 0.456 e. The summed E-state index contributed by atoms with van der Waals surface area (Å²) in [6, 6.07) is 13.3. The van der Waals surface area contributed by atoms with Gasteiger partial charge in [-0.2, -0.15) is 0 Å². The van der Waals surface area contributed by atoms with E-state index in [0.29, 0.717) is 10.5 Å². The standard InChI is InChI=1S/C25H19Cl2NO7S/c1-36(33,34)9-8-21(28-23(30)17-11-19(26)20(27)12-18(17)24(28)31)25(32)35-13-22(29)16-7-6-14-4-2-3-5-15(14)10-16/h2-7,10-12,21H,8-9,13H2,1H3/t21-/m0/s1. The van der Waals surface area contributed by atoms with Crippen LogP contribution in [0.4, 0.5) is 0 Å². The summed E-state index contributed by atoms with van der Waals surface area (Å²) in [5, 5.41) is 1.83. The molecule has 36 heavy (non-hydrogen) atoms. The number of rotatable bonds is 8. The maximum Gasteiger partial charge on any atom is 0.329 e. The summed E-state index contributed by atoms with van der Waals surface area (Å²) in [7, 11) is -3.56. The number of ether oxygens (including phenoxy) is 1. The maximum atomic E-state index is 13.0. The van der Waals surface area contributed by atoms with Crippen molar-refractivity contribution in [3.05, 3.63) is 81.3 Å². The van der Waals surface area contributed by atoms with Crippen molar-refractivity contribution >= 4 is 67.4 Å². The predicted octanol–water partition coefficient (Wildman–Crippen LogP) is 3.97. The molecular formula is C25H19Cl2NO7S. The number of esters is 1. The van der Waals surface area contributed by atoms with Crippen LogP contribution in [0.25, 0.3) is 10.8 Å². The second-order valence-electron chi connectivity index (χ2n) is 8.32. The fourth-order valence-corrected chi connectivity index (χ4v) is 4.87. The smallest absolute Gasteiger partial charge is 0.329 e. The lowest BCUT2D eigenvalue weighted by molar-refractivity contribution is -0.147. The van der Waals surface area contributed by atoms with Crippen LogP contribution in [-0.2, 0) is 19.4 Å². The van der Waals surface area contributed by atoms with E-state index < -0.39 is 58.2 Å². The molecule has 186 valence electrons. The third-order valence-corrected chi connectivity index (χ3v) is 7.42. The highest BCUT2D eigenvalue weighted by Gasteiger charge is 2.44. The monoisotopic (exact) mass is 547 g/mol. The van der Waals surface area contributed by atoms with Crippen LogP contribution in [0.3, 0.4) is 0 Å². The van der Waals surface area contributed by atoms with Crippen LogP contribution in [-0.4, -0.2) is 61.5 Å². The average Bonchev–Trinajstić information content (AvgIpc) is 3.06. The zero-order valence-corrected chi connectivity index (χ0v) is 21.2. The Morgan fingerprint density at radius 2 is 1.50 bits per heavy atom. The van der Waals surface area contributed by atoms with E-state index in [0.717, 1.165) is 17.0 Å². The Labute approximate surface area is 216 Å². The van der Waals surface area contributed by atoms with Gasteiger partial charge in [-0.1, -0.05) is 59.6 Å². The van der Waals surface area contributed by atoms with Gasteiger partial charge < -0.3 is 4.74 Å². The minimum absolute atomic E-state index is 0.0367. The Hall–Kier alpha value is -3.27. The van der Waals surface area contributed by atoms with Crippen molar-refractivity contribution in [1.29, 1.82) is 0 Å². The van der Waals surface area contributed by atoms with E-state index in [2.05, 4.69) is 0 Å². The minimum Gasteiger partial charge on any atom is -0.456 e. The van der Waals surface area contributed by atoms with Crippen LogP contribution in [0.1, 0.15) is 37.5 Å². The molecule has 0 unspecified atom stereocenters. The third-order valence-electron chi connectivity index (χ3n) is 5.72. The highest BCUT2D eigenvalue weighted by Crippen LogP contribution is 2.33. The van der Waals surface area contributed by atoms with Crippen molar-refractivity contribution in [2.24, 2.45) is 0 Å². The first-order valence-electron chi connectivity index (χ1n) is 10.7. The van der Waals surface area contributed by atoms with E-state index in [4.69, 9.17) is 27.9 Å². The van der Waals surface area contributed by atoms with Gasteiger partial charge in [-0.05, 0) is 35.4 Å². The molecule has 1 aliphatic rings. The number of Topliss-reactive ketones (excluding diaryl/α,β-unsaturated/α-hetero) is 1. The number of amides is 2. The van der Waals surface area contributed by atoms with Crippen molar-refractivity contribution < 1.29 is 32.3 Å². The number of carbonyl (C=O) groups is 4. The Morgan fingerprint density at radius 1 is 0.917 bits per heavy atom. The van der Waals surface area contributed by atoms with Gasteiger partial charge in [0.2, 0.25) is 0 Å². The summed E-state index contributed by atoms with van der Waals surface area (Å²) in [5.74, 6) is -3.77. The molecule has 0 radical (unpaired) electrons. The number of halogens is 2. The average molecular weight is 548 g/mol. The summed E-state index contributed by atoms with van der Waals surface area (Å²) in [6.45, 7) is -0.659. The summed E-state index contributed by atoms with van der Waals surface area (Å²) in [6.07, 6.45) is 0.551. The van der Waals surface area contributed by atoms with Crippen molar-refractivity contribution in [2.75, 3.05) is 18.6 Å². The first-order chi connectivity index (χ1) is 17.0. The zero-order valence-electron chi connectivity index (χ0n) is 18.9. The molecule has 4 rings (SSSR count). The van der Waals surface area contributed by atoms with Gasteiger partial charge >= 0.3 is 5.97 Å². The first kappa shape index (κ1) is 25.8. The number of imide groups is 1. The molecule has 0 saturated carbocycles. The normalized spacial score (nSPS) is 14.1. The van der Waals surface area contributed by atoms with Crippen molar-refractivity contribution in [3.63, 3.8) is 0 Å². The molecule has 0 saturated heterocycles. The summed E-state index contributed by atoms with van der Waals surface area (Å²) in [5.41, 5.74) is 0.164. The molecule has 8 nitrogen and oxygen atoms in total. The fourth-order valence-electron chi connectivity index (χ4n) is 3.89. The quantitative estimate of drug-likeness (QED) is 0.238. The predicted molar refractivity (Wildman–Crippen MR) is 134 cm³/mol. The van der Waals surface area contributed by atoms with Gasteiger partial charge in [0.1, 0.15) is 15.9 Å². The second kappa shape index (κ2) is 10.0. The summed E-state index contributed by atoms with van der Waals surface area (Å²) >= 11 is 11.9. The number of hydrogen-bond acceptors (Lipinski definition) is 7. The highest BCUT2D eigenvalue weighted by atomic mass is 35.5. The molecule has 0 aromatic heterocycles. The lowest BCUT2D eigenvalue weighted by Crippen LogP contribution is -2.46. The summed E-state index contributed by atoms with van der Waals surface area (Å²) in [4.78, 5) is 52.3.